The Morgan fingerprint density at radius 3 is 2.41 bits per heavy atom. The molecule has 0 radical (unpaired) electrons. The third-order valence-electron chi connectivity index (χ3n) is 3.48. The molecular formula is C20H18O2. The summed E-state index contributed by atoms with van der Waals surface area (Å²) in [5.74, 6) is 1.10. The summed E-state index contributed by atoms with van der Waals surface area (Å²) in [5, 5.41) is 9.75. The van der Waals surface area contributed by atoms with Crippen molar-refractivity contribution in [3.63, 3.8) is 0 Å². The first-order chi connectivity index (χ1) is 10.7. The monoisotopic (exact) mass is 290 g/mol. The Balaban J connectivity index is 1.80. The minimum Gasteiger partial charge on any atom is -0.508 e. The number of hydrogen-bond donors (Lipinski definition) is 1. The van der Waals surface area contributed by atoms with Crippen LogP contribution in [0.4, 0.5) is 0 Å². The average Bonchev–Trinajstić information content (AvgIpc) is 2.53. The third kappa shape index (κ3) is 3.47. The van der Waals surface area contributed by atoms with Crippen LogP contribution in [0.2, 0.25) is 0 Å². The molecule has 0 aromatic heterocycles. The molecule has 2 nitrogen and oxygen atoms in total. The van der Waals surface area contributed by atoms with Crippen molar-refractivity contribution in [1.82, 2.24) is 0 Å². The Labute approximate surface area is 130 Å². The maximum Gasteiger partial charge on any atom is 0.120 e. The Bertz CT molecular complexity index is 743. The van der Waals surface area contributed by atoms with E-state index in [2.05, 4.69) is 6.07 Å². The highest BCUT2D eigenvalue weighted by molar-refractivity contribution is 5.67. The summed E-state index contributed by atoms with van der Waals surface area (Å²) < 4.78 is 5.85. The molecule has 0 fully saturated rings. The summed E-state index contributed by atoms with van der Waals surface area (Å²) in [6.07, 6.45) is 0. The first kappa shape index (κ1) is 14.2. The van der Waals surface area contributed by atoms with Gasteiger partial charge in [-0.15, -0.1) is 0 Å². The summed E-state index contributed by atoms with van der Waals surface area (Å²) >= 11 is 0. The van der Waals surface area contributed by atoms with Crippen molar-refractivity contribution >= 4 is 0 Å². The Morgan fingerprint density at radius 1 is 0.818 bits per heavy atom. The zero-order valence-electron chi connectivity index (χ0n) is 12.5. The fraction of sp³-hybridized carbons (Fsp3) is 0.100. The Hall–Kier alpha value is -2.74. The topological polar surface area (TPSA) is 29.5 Å². The van der Waals surface area contributed by atoms with Crippen LogP contribution in [0.15, 0.2) is 72.8 Å². The van der Waals surface area contributed by atoms with E-state index in [0.29, 0.717) is 6.61 Å². The normalized spacial score (nSPS) is 10.4. The van der Waals surface area contributed by atoms with Gasteiger partial charge < -0.3 is 9.84 Å². The highest BCUT2D eigenvalue weighted by Gasteiger charge is 2.03. The largest absolute Gasteiger partial charge is 0.508 e. The van der Waals surface area contributed by atoms with Crippen LogP contribution >= 0.6 is 0 Å². The van der Waals surface area contributed by atoms with Crippen LogP contribution < -0.4 is 4.74 Å². The number of ether oxygens (including phenoxy) is 1. The first-order valence-corrected chi connectivity index (χ1v) is 7.28. The van der Waals surface area contributed by atoms with Crippen molar-refractivity contribution in [3.05, 3.63) is 83.9 Å². The maximum absolute atomic E-state index is 9.75. The van der Waals surface area contributed by atoms with Gasteiger partial charge in [-0.25, -0.2) is 0 Å². The van der Waals surface area contributed by atoms with Crippen LogP contribution in [0.25, 0.3) is 11.1 Å². The highest BCUT2D eigenvalue weighted by atomic mass is 16.5. The van der Waals surface area contributed by atoms with Gasteiger partial charge in [0.2, 0.25) is 0 Å². The number of benzene rings is 3. The number of hydrogen-bond acceptors (Lipinski definition) is 2. The summed E-state index contributed by atoms with van der Waals surface area (Å²) in [4.78, 5) is 0. The van der Waals surface area contributed by atoms with Gasteiger partial charge in [-0.1, -0.05) is 48.5 Å². The van der Waals surface area contributed by atoms with Crippen LogP contribution in [-0.2, 0) is 6.61 Å². The Morgan fingerprint density at radius 2 is 1.64 bits per heavy atom. The van der Waals surface area contributed by atoms with Crippen molar-refractivity contribution < 1.29 is 9.84 Å². The minimum atomic E-state index is 0.283. The molecule has 0 amide bonds. The molecule has 0 saturated heterocycles. The van der Waals surface area contributed by atoms with Crippen molar-refractivity contribution in [3.8, 4) is 22.6 Å². The molecule has 2 heteroatoms. The molecule has 0 atom stereocenters. The third-order valence-corrected chi connectivity index (χ3v) is 3.48. The summed E-state index contributed by atoms with van der Waals surface area (Å²) in [7, 11) is 0. The maximum atomic E-state index is 9.75. The van der Waals surface area contributed by atoms with E-state index in [1.54, 1.807) is 12.1 Å². The molecule has 110 valence electrons. The van der Waals surface area contributed by atoms with Crippen molar-refractivity contribution in [1.29, 1.82) is 0 Å². The SMILES string of the molecule is Cc1cc(O)cc(-c2cccc(OCc3ccccc3)c2)c1. The molecule has 0 saturated carbocycles. The number of aryl methyl sites for hydroxylation is 1. The van der Waals surface area contributed by atoms with Gasteiger partial charge in [-0.3, -0.25) is 0 Å². The van der Waals surface area contributed by atoms with E-state index >= 15 is 0 Å². The summed E-state index contributed by atoms with van der Waals surface area (Å²) in [6.45, 7) is 2.52. The second kappa shape index (κ2) is 6.35. The molecule has 0 unspecified atom stereocenters. The smallest absolute Gasteiger partial charge is 0.120 e. The van der Waals surface area contributed by atoms with Gasteiger partial charge >= 0.3 is 0 Å². The predicted octanol–water partition coefficient (Wildman–Crippen LogP) is 4.95. The van der Waals surface area contributed by atoms with Gasteiger partial charge in [-0.05, 0) is 53.4 Å². The van der Waals surface area contributed by atoms with E-state index in [1.165, 1.54) is 0 Å². The molecule has 0 aliphatic carbocycles. The second-order valence-electron chi connectivity index (χ2n) is 5.36. The lowest BCUT2D eigenvalue weighted by Gasteiger charge is -2.09. The van der Waals surface area contributed by atoms with Gasteiger partial charge in [0.1, 0.15) is 18.1 Å². The second-order valence-corrected chi connectivity index (χ2v) is 5.36. The van der Waals surface area contributed by atoms with Gasteiger partial charge in [0.05, 0.1) is 0 Å². The highest BCUT2D eigenvalue weighted by Crippen LogP contribution is 2.28. The molecule has 0 bridgehead atoms. The van der Waals surface area contributed by atoms with Crippen molar-refractivity contribution in [2.45, 2.75) is 13.5 Å². The molecule has 3 aromatic carbocycles. The number of aromatic hydroxyl groups is 1. The fourth-order valence-electron chi connectivity index (χ4n) is 2.44. The van der Waals surface area contributed by atoms with E-state index in [0.717, 1.165) is 28.0 Å². The van der Waals surface area contributed by atoms with Gasteiger partial charge in [0.25, 0.3) is 0 Å². The number of phenolic OH excluding ortho intramolecular Hbond substituents is 1. The van der Waals surface area contributed by atoms with Crippen LogP contribution in [0.5, 0.6) is 11.5 Å². The summed E-state index contributed by atoms with van der Waals surface area (Å²) in [6, 6.07) is 23.6. The molecule has 3 rings (SSSR count). The minimum absolute atomic E-state index is 0.283. The zero-order chi connectivity index (χ0) is 15.4. The van der Waals surface area contributed by atoms with Gasteiger partial charge in [0, 0.05) is 0 Å². The molecular weight excluding hydrogens is 272 g/mol. The van der Waals surface area contributed by atoms with Gasteiger partial charge in [0.15, 0.2) is 0 Å². The molecule has 1 N–H and O–H groups in total. The first-order valence-electron chi connectivity index (χ1n) is 7.28. The molecule has 22 heavy (non-hydrogen) atoms. The van der Waals surface area contributed by atoms with E-state index < -0.39 is 0 Å². The molecule has 3 aromatic rings. The molecule has 0 spiro atoms. The molecule has 0 heterocycles. The average molecular weight is 290 g/mol. The lowest BCUT2D eigenvalue weighted by molar-refractivity contribution is 0.306. The lowest BCUT2D eigenvalue weighted by Crippen LogP contribution is -1.95. The lowest BCUT2D eigenvalue weighted by atomic mass is 10.0. The van der Waals surface area contributed by atoms with E-state index in [-0.39, 0.29) is 5.75 Å². The molecule has 0 aliphatic heterocycles. The van der Waals surface area contributed by atoms with E-state index in [1.807, 2.05) is 61.5 Å². The predicted molar refractivity (Wildman–Crippen MR) is 89.1 cm³/mol. The quantitative estimate of drug-likeness (QED) is 0.737. The van der Waals surface area contributed by atoms with Crippen molar-refractivity contribution in [2.24, 2.45) is 0 Å². The number of phenols is 1. The number of rotatable bonds is 4. The molecule has 0 aliphatic rings. The van der Waals surface area contributed by atoms with Crippen LogP contribution in [-0.4, -0.2) is 5.11 Å². The standard InChI is InChI=1S/C20H18O2/c1-15-10-18(12-19(21)11-15)17-8-5-9-20(13-17)22-14-16-6-3-2-4-7-16/h2-13,21H,14H2,1H3. The summed E-state index contributed by atoms with van der Waals surface area (Å²) in [5.41, 5.74) is 4.19. The van der Waals surface area contributed by atoms with E-state index in [9.17, 15) is 5.11 Å². The van der Waals surface area contributed by atoms with Crippen LogP contribution in [0.3, 0.4) is 0 Å². The van der Waals surface area contributed by atoms with Crippen LogP contribution in [0.1, 0.15) is 11.1 Å². The zero-order valence-corrected chi connectivity index (χ0v) is 12.5. The van der Waals surface area contributed by atoms with Gasteiger partial charge in [-0.2, -0.15) is 0 Å². The van der Waals surface area contributed by atoms with Crippen LogP contribution in [0, 0.1) is 6.92 Å². The Kier molecular flexibility index (Phi) is 4.10. The van der Waals surface area contributed by atoms with Crippen molar-refractivity contribution in [2.75, 3.05) is 0 Å². The van der Waals surface area contributed by atoms with E-state index in [4.69, 9.17) is 4.74 Å². The fourth-order valence-corrected chi connectivity index (χ4v) is 2.44.